The number of carbonyl (C=O) groups is 2. The molecule has 1 aliphatic heterocycles. The van der Waals surface area contributed by atoms with Crippen LogP contribution in [-0.4, -0.2) is 41.1 Å². The highest BCUT2D eigenvalue weighted by Gasteiger charge is 2.48. The van der Waals surface area contributed by atoms with Crippen molar-refractivity contribution in [3.8, 4) is 17.2 Å². The molecular weight excluding hydrogens is 504 g/mol. The number of Topliss-reactive ketones (excluding diaryl/α,β-unsaturated/α-hetero) is 1. The second-order valence-corrected chi connectivity index (χ2v) is 9.35. The highest BCUT2D eigenvalue weighted by Crippen LogP contribution is 2.45. The Morgan fingerprint density at radius 3 is 2.36 bits per heavy atom. The number of fused-ring (bicyclic) bond motifs is 1. The van der Waals surface area contributed by atoms with Crippen molar-refractivity contribution in [3.63, 3.8) is 0 Å². The molecule has 36 heavy (non-hydrogen) atoms. The first-order valence-corrected chi connectivity index (χ1v) is 11.9. The number of aliphatic hydroxyl groups is 1. The van der Waals surface area contributed by atoms with Crippen LogP contribution in [0.2, 0.25) is 5.02 Å². The summed E-state index contributed by atoms with van der Waals surface area (Å²) in [6, 6.07) is 15.0. The van der Waals surface area contributed by atoms with Gasteiger partial charge in [-0.1, -0.05) is 35.1 Å². The van der Waals surface area contributed by atoms with Gasteiger partial charge >= 0.3 is 5.91 Å². The topological polar surface area (TPSA) is 109 Å². The predicted octanol–water partition coefficient (Wildman–Crippen LogP) is 5.30. The lowest BCUT2D eigenvalue weighted by Crippen LogP contribution is -2.29. The van der Waals surface area contributed by atoms with Gasteiger partial charge in [0.1, 0.15) is 23.0 Å². The molecule has 182 valence electrons. The third-order valence-corrected chi connectivity index (χ3v) is 7.22. The SMILES string of the molecule is COc1ccc(Cl)c(/C(O)=C2\C(=O)C(=O)N(c3nc4ccc(OC)cc4s3)C2c2ccc(O)cc2)c1. The summed E-state index contributed by atoms with van der Waals surface area (Å²) in [6.07, 6.45) is 0. The molecule has 10 heteroatoms. The standard InChI is InChI=1S/C26H19ClN2O6S/c1-34-15-7-9-18(27)17(11-15)23(31)21-22(13-3-5-14(30)6-4-13)29(25(33)24(21)32)26-28-19-10-8-16(35-2)12-20(19)36-26/h3-12,22,30-31H,1-2H3/b23-21+. The molecule has 1 amide bonds. The maximum Gasteiger partial charge on any atom is 0.301 e. The van der Waals surface area contributed by atoms with Crippen molar-refractivity contribution >= 4 is 55.7 Å². The Morgan fingerprint density at radius 1 is 1.00 bits per heavy atom. The molecule has 0 radical (unpaired) electrons. The van der Waals surface area contributed by atoms with Gasteiger partial charge in [-0.15, -0.1) is 0 Å². The first kappa shape index (κ1) is 23.7. The number of hydrogen-bond acceptors (Lipinski definition) is 8. The maximum absolute atomic E-state index is 13.4. The van der Waals surface area contributed by atoms with E-state index in [9.17, 15) is 19.8 Å². The number of methoxy groups -OCH3 is 2. The Labute approximate surface area is 214 Å². The molecule has 3 aromatic carbocycles. The van der Waals surface area contributed by atoms with Crippen molar-refractivity contribution in [1.29, 1.82) is 0 Å². The summed E-state index contributed by atoms with van der Waals surface area (Å²) < 4.78 is 11.3. The second-order valence-electron chi connectivity index (χ2n) is 7.94. The van der Waals surface area contributed by atoms with E-state index >= 15 is 0 Å². The summed E-state index contributed by atoms with van der Waals surface area (Å²) in [5.74, 6) is -1.13. The van der Waals surface area contributed by atoms with Crippen LogP contribution in [0.5, 0.6) is 17.2 Å². The molecule has 1 aliphatic rings. The van der Waals surface area contributed by atoms with E-state index in [2.05, 4.69) is 4.98 Å². The van der Waals surface area contributed by atoms with Crippen molar-refractivity contribution in [1.82, 2.24) is 4.98 Å². The van der Waals surface area contributed by atoms with Crippen LogP contribution in [0.4, 0.5) is 5.13 Å². The van der Waals surface area contributed by atoms with Crippen molar-refractivity contribution in [2.24, 2.45) is 0 Å². The Morgan fingerprint density at radius 2 is 1.67 bits per heavy atom. The van der Waals surface area contributed by atoms with E-state index in [4.69, 9.17) is 21.1 Å². The number of rotatable bonds is 5. The monoisotopic (exact) mass is 522 g/mol. The van der Waals surface area contributed by atoms with Crippen LogP contribution in [-0.2, 0) is 9.59 Å². The molecule has 1 saturated heterocycles. The fraction of sp³-hybridized carbons (Fsp3) is 0.115. The molecule has 2 N–H and O–H groups in total. The molecule has 1 unspecified atom stereocenters. The normalized spacial score (nSPS) is 17.1. The quantitative estimate of drug-likeness (QED) is 0.208. The number of ether oxygens (including phenoxy) is 2. The van der Waals surface area contributed by atoms with E-state index in [1.807, 2.05) is 0 Å². The number of phenols is 1. The van der Waals surface area contributed by atoms with Crippen molar-refractivity contribution in [3.05, 3.63) is 82.4 Å². The van der Waals surface area contributed by atoms with Crippen LogP contribution >= 0.6 is 22.9 Å². The lowest BCUT2D eigenvalue weighted by atomic mass is 9.95. The number of nitrogens with zero attached hydrogens (tertiary/aromatic N) is 2. The van der Waals surface area contributed by atoms with Crippen LogP contribution in [0.25, 0.3) is 16.0 Å². The smallest absolute Gasteiger partial charge is 0.301 e. The van der Waals surface area contributed by atoms with Crippen molar-refractivity contribution < 1.29 is 29.3 Å². The fourth-order valence-corrected chi connectivity index (χ4v) is 5.31. The number of aromatic hydroxyl groups is 1. The highest BCUT2D eigenvalue weighted by atomic mass is 35.5. The summed E-state index contributed by atoms with van der Waals surface area (Å²) in [5, 5.41) is 21.6. The number of ketones is 1. The Hall–Kier alpha value is -4.08. The summed E-state index contributed by atoms with van der Waals surface area (Å²) in [6.45, 7) is 0. The lowest BCUT2D eigenvalue weighted by Gasteiger charge is -2.23. The van der Waals surface area contributed by atoms with Gasteiger partial charge in [0.05, 0.1) is 41.1 Å². The van der Waals surface area contributed by atoms with Gasteiger partial charge in [0, 0.05) is 5.56 Å². The van der Waals surface area contributed by atoms with Gasteiger partial charge in [0.25, 0.3) is 5.78 Å². The second kappa shape index (κ2) is 9.18. The molecule has 4 aromatic rings. The summed E-state index contributed by atoms with van der Waals surface area (Å²) in [5.41, 5.74) is 1.10. The first-order valence-electron chi connectivity index (χ1n) is 10.7. The van der Waals surface area contributed by atoms with E-state index < -0.39 is 23.5 Å². The van der Waals surface area contributed by atoms with Gasteiger partial charge in [-0.25, -0.2) is 4.98 Å². The molecule has 0 spiro atoms. The van der Waals surface area contributed by atoms with Crippen LogP contribution in [0.1, 0.15) is 17.2 Å². The number of benzene rings is 3. The number of halogens is 1. The van der Waals surface area contributed by atoms with Gasteiger partial charge in [-0.05, 0) is 54.1 Å². The third kappa shape index (κ3) is 3.92. The Bertz CT molecular complexity index is 1550. The first-order chi connectivity index (χ1) is 17.3. The predicted molar refractivity (Wildman–Crippen MR) is 137 cm³/mol. The van der Waals surface area contributed by atoms with E-state index in [0.29, 0.717) is 22.6 Å². The zero-order valence-corrected chi connectivity index (χ0v) is 20.6. The van der Waals surface area contributed by atoms with E-state index in [0.717, 1.165) is 4.70 Å². The van der Waals surface area contributed by atoms with Crippen molar-refractivity contribution in [2.45, 2.75) is 6.04 Å². The average molecular weight is 523 g/mol. The number of aliphatic hydroxyl groups excluding tert-OH is 1. The molecule has 1 fully saturated rings. The van der Waals surface area contributed by atoms with E-state index in [1.165, 1.54) is 47.6 Å². The number of phenolic OH excluding ortho intramolecular Hbond substituents is 1. The van der Waals surface area contributed by atoms with Crippen molar-refractivity contribution in [2.75, 3.05) is 19.1 Å². The molecule has 0 bridgehead atoms. The minimum Gasteiger partial charge on any atom is -0.508 e. The van der Waals surface area contributed by atoms with Gasteiger partial charge in [0.15, 0.2) is 5.13 Å². The summed E-state index contributed by atoms with van der Waals surface area (Å²) in [4.78, 5) is 32.6. The number of aromatic nitrogens is 1. The average Bonchev–Trinajstić information content (AvgIpc) is 3.42. The number of hydrogen-bond donors (Lipinski definition) is 2. The highest BCUT2D eigenvalue weighted by molar-refractivity contribution is 7.22. The van der Waals surface area contributed by atoms with Gasteiger partial charge in [0.2, 0.25) is 0 Å². The molecular formula is C26H19ClN2O6S. The minimum atomic E-state index is -1.02. The summed E-state index contributed by atoms with van der Waals surface area (Å²) >= 11 is 7.56. The Kier molecular flexibility index (Phi) is 6.03. The maximum atomic E-state index is 13.4. The van der Waals surface area contributed by atoms with Crippen LogP contribution in [0.3, 0.4) is 0 Å². The minimum absolute atomic E-state index is 0.0126. The molecule has 0 saturated carbocycles. The molecule has 1 aromatic heterocycles. The number of anilines is 1. The number of thiazole rings is 1. The van der Waals surface area contributed by atoms with Crippen LogP contribution in [0.15, 0.2) is 66.2 Å². The number of carbonyl (C=O) groups excluding carboxylic acids is 2. The molecule has 0 aliphatic carbocycles. The van der Waals surface area contributed by atoms with E-state index in [-0.39, 0.29) is 27.0 Å². The van der Waals surface area contributed by atoms with E-state index in [1.54, 1.807) is 43.5 Å². The molecule has 5 rings (SSSR count). The van der Waals surface area contributed by atoms with Gasteiger partial charge in [-0.3, -0.25) is 14.5 Å². The third-order valence-electron chi connectivity index (χ3n) is 5.87. The van der Waals surface area contributed by atoms with Gasteiger partial charge < -0.3 is 19.7 Å². The fourth-order valence-electron chi connectivity index (χ4n) is 4.08. The molecule has 1 atom stereocenters. The molecule has 2 heterocycles. The largest absolute Gasteiger partial charge is 0.508 e. The molecule has 8 nitrogen and oxygen atoms in total. The zero-order valence-electron chi connectivity index (χ0n) is 19.1. The van der Waals surface area contributed by atoms with Crippen LogP contribution in [0, 0.1) is 0 Å². The zero-order chi connectivity index (χ0) is 25.6. The van der Waals surface area contributed by atoms with Crippen LogP contribution < -0.4 is 14.4 Å². The number of amides is 1. The Balaban J connectivity index is 1.73. The van der Waals surface area contributed by atoms with Gasteiger partial charge in [-0.2, -0.15) is 0 Å². The summed E-state index contributed by atoms with van der Waals surface area (Å²) in [7, 11) is 3.01. The lowest BCUT2D eigenvalue weighted by molar-refractivity contribution is -0.132.